The molecule has 4 N–H and O–H groups in total. The topological polar surface area (TPSA) is 138 Å². The third-order valence-electron chi connectivity index (χ3n) is 5.04. The zero-order chi connectivity index (χ0) is 21.8. The van der Waals surface area contributed by atoms with Crippen molar-refractivity contribution in [3.8, 4) is 0 Å². The number of amides is 3. The monoisotopic (exact) mass is 423 g/mol. The summed E-state index contributed by atoms with van der Waals surface area (Å²) in [6.45, 7) is 1.19. The summed E-state index contributed by atoms with van der Waals surface area (Å²) in [5.74, 6) is -0.401. The van der Waals surface area contributed by atoms with Gasteiger partial charge in [-0.15, -0.1) is 0 Å². The van der Waals surface area contributed by atoms with Crippen molar-refractivity contribution in [1.29, 1.82) is 0 Å². The third kappa shape index (κ3) is 4.81. The number of carbonyl (C=O) groups excluding carboxylic acids is 2. The van der Waals surface area contributed by atoms with Gasteiger partial charge in [0.25, 0.3) is 11.6 Å². The van der Waals surface area contributed by atoms with E-state index in [1.165, 1.54) is 18.3 Å². The number of hydrogen-bond acceptors (Lipinski definition) is 5. The van der Waals surface area contributed by atoms with Crippen molar-refractivity contribution >= 4 is 39.9 Å². The van der Waals surface area contributed by atoms with Crippen LogP contribution < -0.4 is 16.0 Å². The Labute approximate surface area is 177 Å². The number of rotatable bonds is 6. The predicted molar refractivity (Wildman–Crippen MR) is 115 cm³/mol. The lowest BCUT2D eigenvalue weighted by atomic mass is 10.1. The largest absolute Gasteiger partial charge is 0.376 e. The second-order valence-electron chi connectivity index (χ2n) is 7.19. The van der Waals surface area contributed by atoms with Gasteiger partial charge in [-0.25, -0.2) is 4.79 Å². The minimum Gasteiger partial charge on any atom is -0.376 e. The first-order valence-corrected chi connectivity index (χ1v) is 9.83. The number of urea groups is 1. The van der Waals surface area contributed by atoms with Crippen molar-refractivity contribution in [3.63, 3.8) is 0 Å². The molecule has 31 heavy (non-hydrogen) atoms. The number of non-ortho nitro benzene ring substituents is 1. The normalized spacial score (nSPS) is 15.5. The van der Waals surface area contributed by atoms with Crippen LogP contribution in [0.25, 0.3) is 10.9 Å². The van der Waals surface area contributed by atoms with Crippen molar-refractivity contribution in [2.75, 3.05) is 23.8 Å². The second kappa shape index (κ2) is 8.84. The number of carbonyl (C=O) groups is 2. The predicted octanol–water partition coefficient (Wildman–Crippen LogP) is 3.63. The highest BCUT2D eigenvalue weighted by Crippen LogP contribution is 2.24. The molecule has 10 nitrogen and oxygen atoms in total. The molecule has 1 aliphatic heterocycles. The van der Waals surface area contributed by atoms with E-state index >= 15 is 0 Å². The lowest BCUT2D eigenvalue weighted by molar-refractivity contribution is -0.384. The van der Waals surface area contributed by atoms with Crippen LogP contribution in [0.5, 0.6) is 0 Å². The number of benzene rings is 2. The molecule has 1 aromatic heterocycles. The lowest BCUT2D eigenvalue weighted by Crippen LogP contribution is -2.35. The van der Waals surface area contributed by atoms with Gasteiger partial charge in [-0.1, -0.05) is 0 Å². The van der Waals surface area contributed by atoms with Crippen molar-refractivity contribution in [2.24, 2.45) is 0 Å². The van der Waals surface area contributed by atoms with Crippen LogP contribution in [0.15, 0.2) is 48.7 Å². The number of hydrogen-bond donors (Lipinski definition) is 4. The van der Waals surface area contributed by atoms with Crippen LogP contribution in [0.2, 0.25) is 0 Å². The molecule has 10 heteroatoms. The molecule has 0 radical (unpaired) electrons. The summed E-state index contributed by atoms with van der Waals surface area (Å²) in [7, 11) is 0. The zero-order valence-electron chi connectivity index (χ0n) is 16.5. The number of aromatic amines is 1. The van der Waals surface area contributed by atoms with E-state index < -0.39 is 10.8 Å². The Morgan fingerprint density at radius 1 is 1.13 bits per heavy atom. The molecule has 1 saturated heterocycles. The fraction of sp³-hybridized carbons (Fsp3) is 0.238. The van der Waals surface area contributed by atoms with Crippen LogP contribution in [0, 0.1) is 10.1 Å². The minimum atomic E-state index is -0.503. The average Bonchev–Trinajstić information content (AvgIpc) is 3.43. The first kappa shape index (κ1) is 20.4. The molecule has 2 heterocycles. The van der Waals surface area contributed by atoms with E-state index in [9.17, 15) is 19.7 Å². The lowest BCUT2D eigenvalue weighted by Gasteiger charge is -2.12. The van der Waals surface area contributed by atoms with Gasteiger partial charge in [0.15, 0.2) is 0 Å². The minimum absolute atomic E-state index is 0.0642. The number of nitro benzene ring substituents is 1. The summed E-state index contributed by atoms with van der Waals surface area (Å²) in [5, 5.41) is 19.7. The summed E-state index contributed by atoms with van der Waals surface area (Å²) in [6.07, 6.45) is 3.53. The molecule has 3 aromatic rings. The van der Waals surface area contributed by atoms with Crippen LogP contribution in [-0.4, -0.2) is 41.1 Å². The maximum Gasteiger partial charge on any atom is 0.319 e. The summed E-state index contributed by atoms with van der Waals surface area (Å²) in [4.78, 5) is 38.1. The van der Waals surface area contributed by atoms with Crippen molar-refractivity contribution in [1.82, 2.24) is 10.3 Å². The van der Waals surface area contributed by atoms with Crippen molar-refractivity contribution < 1.29 is 19.2 Å². The Bertz CT molecular complexity index is 1120. The molecule has 1 atom stereocenters. The highest BCUT2D eigenvalue weighted by atomic mass is 16.6. The van der Waals surface area contributed by atoms with Crippen molar-refractivity contribution in [2.45, 2.75) is 18.9 Å². The Morgan fingerprint density at radius 3 is 2.55 bits per heavy atom. The fourth-order valence-corrected chi connectivity index (χ4v) is 3.43. The number of H-pyrrole nitrogens is 1. The van der Waals surface area contributed by atoms with Crippen LogP contribution in [-0.2, 0) is 4.74 Å². The van der Waals surface area contributed by atoms with E-state index in [-0.39, 0.29) is 17.8 Å². The Kier molecular flexibility index (Phi) is 5.80. The molecule has 4 rings (SSSR count). The molecule has 0 aliphatic carbocycles. The van der Waals surface area contributed by atoms with E-state index in [0.29, 0.717) is 34.4 Å². The molecule has 1 fully saturated rings. The first-order chi connectivity index (χ1) is 15.0. The van der Waals surface area contributed by atoms with Gasteiger partial charge in [0.1, 0.15) is 0 Å². The molecule has 1 unspecified atom stereocenters. The summed E-state index contributed by atoms with van der Waals surface area (Å²) >= 11 is 0. The first-order valence-electron chi connectivity index (χ1n) is 9.83. The van der Waals surface area contributed by atoms with Gasteiger partial charge in [0.05, 0.1) is 16.6 Å². The number of nitrogens with zero attached hydrogens (tertiary/aromatic N) is 1. The maximum atomic E-state index is 12.7. The number of nitro groups is 1. The number of fused-ring (bicyclic) bond motifs is 1. The van der Waals surface area contributed by atoms with Gasteiger partial charge in [-0.05, 0) is 43.2 Å². The van der Waals surface area contributed by atoms with E-state index in [1.54, 1.807) is 30.3 Å². The highest BCUT2D eigenvalue weighted by Gasteiger charge is 2.17. The summed E-state index contributed by atoms with van der Waals surface area (Å²) < 4.78 is 5.46. The van der Waals surface area contributed by atoms with Crippen molar-refractivity contribution in [3.05, 3.63) is 64.3 Å². The van der Waals surface area contributed by atoms with Crippen LogP contribution in [0.4, 0.5) is 21.9 Å². The van der Waals surface area contributed by atoms with Gasteiger partial charge in [0, 0.05) is 53.8 Å². The van der Waals surface area contributed by atoms with Gasteiger partial charge in [-0.3, -0.25) is 14.9 Å². The smallest absolute Gasteiger partial charge is 0.319 e. The van der Waals surface area contributed by atoms with Crippen LogP contribution in [0.1, 0.15) is 23.2 Å². The molecule has 160 valence electrons. The SMILES string of the molecule is O=C(NCC1CCCO1)Nc1ccc(NC(=O)c2c[nH]c3ccc([N+](=O)[O-])cc23)cc1. The average molecular weight is 423 g/mol. The third-order valence-corrected chi connectivity index (χ3v) is 5.04. The van der Waals surface area contributed by atoms with Crippen LogP contribution >= 0.6 is 0 Å². The van der Waals surface area contributed by atoms with E-state index in [1.807, 2.05) is 0 Å². The van der Waals surface area contributed by atoms with Gasteiger partial charge in [-0.2, -0.15) is 0 Å². The number of nitrogens with one attached hydrogen (secondary N) is 4. The molecule has 0 spiro atoms. The summed E-state index contributed by atoms with van der Waals surface area (Å²) in [5.41, 5.74) is 1.94. The number of aromatic nitrogens is 1. The molecular formula is C21H21N5O5. The molecular weight excluding hydrogens is 402 g/mol. The van der Waals surface area contributed by atoms with E-state index in [4.69, 9.17) is 4.74 Å². The Balaban J connectivity index is 1.37. The number of anilines is 2. The fourth-order valence-electron chi connectivity index (χ4n) is 3.43. The molecule has 0 saturated carbocycles. The number of ether oxygens (including phenoxy) is 1. The second-order valence-corrected chi connectivity index (χ2v) is 7.19. The van der Waals surface area contributed by atoms with E-state index in [2.05, 4.69) is 20.9 Å². The molecule has 3 amide bonds. The quantitative estimate of drug-likeness (QED) is 0.354. The van der Waals surface area contributed by atoms with Gasteiger partial charge >= 0.3 is 6.03 Å². The maximum absolute atomic E-state index is 12.7. The molecule has 1 aliphatic rings. The highest BCUT2D eigenvalue weighted by molar-refractivity contribution is 6.13. The molecule has 0 bridgehead atoms. The van der Waals surface area contributed by atoms with E-state index in [0.717, 1.165) is 19.4 Å². The van der Waals surface area contributed by atoms with Gasteiger partial charge in [0.2, 0.25) is 0 Å². The van der Waals surface area contributed by atoms with Gasteiger partial charge < -0.3 is 25.7 Å². The Morgan fingerprint density at radius 2 is 1.87 bits per heavy atom. The Hall–Kier alpha value is -3.92. The van der Waals surface area contributed by atoms with Crippen LogP contribution in [0.3, 0.4) is 0 Å². The summed E-state index contributed by atoms with van der Waals surface area (Å²) in [6, 6.07) is 10.6. The zero-order valence-corrected chi connectivity index (χ0v) is 16.5. The molecule has 2 aromatic carbocycles. The standard InChI is InChI=1S/C21H21N5O5/c27-20(18-12-22-19-8-7-15(26(29)30)10-17(18)19)24-13-3-5-14(6-4-13)25-21(28)23-11-16-2-1-9-31-16/h3-8,10,12,16,22H,1-2,9,11H2,(H,24,27)(H2,23,25,28).